The Hall–Kier alpha value is -1.29. The highest BCUT2D eigenvalue weighted by Gasteiger charge is 2.28. The maximum Gasteiger partial charge on any atom is 0.202 e. The summed E-state index contributed by atoms with van der Waals surface area (Å²) in [5.41, 5.74) is 1.62. The lowest BCUT2D eigenvalue weighted by Gasteiger charge is -2.22. The third-order valence-electron chi connectivity index (χ3n) is 2.79. The number of hydrogen-bond donors (Lipinski definition) is 0. The normalized spacial score (nSPS) is 16.8. The maximum atomic E-state index is 12.0. The summed E-state index contributed by atoms with van der Waals surface area (Å²) in [5.74, 6) is 0.497. The van der Waals surface area contributed by atoms with Gasteiger partial charge in [0.05, 0.1) is 16.0 Å². The van der Waals surface area contributed by atoms with Crippen molar-refractivity contribution in [2.75, 3.05) is 13.6 Å². The van der Waals surface area contributed by atoms with Gasteiger partial charge in [0.1, 0.15) is 0 Å². The molecule has 0 saturated carbocycles. The number of benzene rings is 1. The van der Waals surface area contributed by atoms with E-state index in [9.17, 15) is 8.42 Å². The van der Waals surface area contributed by atoms with Gasteiger partial charge < -0.3 is 4.90 Å². The van der Waals surface area contributed by atoms with E-state index in [1.54, 1.807) is 12.1 Å². The maximum absolute atomic E-state index is 12.0. The third-order valence-corrected chi connectivity index (χ3v) is 4.29. The lowest BCUT2D eigenvalue weighted by molar-refractivity contribution is 0.407. The SMILES string of the molecule is CC(C)CN(C)C1=CS(=O)(=O)c2ccccc21. The second-order valence-electron chi connectivity index (χ2n) is 4.82. The van der Waals surface area contributed by atoms with Crippen LogP contribution < -0.4 is 0 Å². The van der Waals surface area contributed by atoms with Crippen LogP contribution in [-0.2, 0) is 9.84 Å². The van der Waals surface area contributed by atoms with Crippen molar-refractivity contribution in [3.8, 4) is 0 Å². The second kappa shape index (κ2) is 4.18. The zero-order valence-corrected chi connectivity index (χ0v) is 11.2. The van der Waals surface area contributed by atoms with Gasteiger partial charge in [-0.1, -0.05) is 32.0 Å². The van der Waals surface area contributed by atoms with Crippen LogP contribution in [0.4, 0.5) is 0 Å². The first kappa shape index (κ1) is 12.2. The zero-order valence-electron chi connectivity index (χ0n) is 10.3. The highest BCUT2D eigenvalue weighted by molar-refractivity contribution is 7.94. The van der Waals surface area contributed by atoms with Crippen molar-refractivity contribution < 1.29 is 8.42 Å². The molecule has 0 unspecified atom stereocenters. The van der Waals surface area contributed by atoms with Crippen molar-refractivity contribution in [3.05, 3.63) is 35.2 Å². The summed E-state index contributed by atoms with van der Waals surface area (Å²) >= 11 is 0. The summed E-state index contributed by atoms with van der Waals surface area (Å²) in [7, 11) is -1.31. The first-order valence-electron chi connectivity index (χ1n) is 5.69. The Balaban J connectivity index is 2.45. The number of sulfone groups is 1. The van der Waals surface area contributed by atoms with Gasteiger partial charge in [0.2, 0.25) is 9.84 Å². The van der Waals surface area contributed by atoms with Crippen molar-refractivity contribution in [3.63, 3.8) is 0 Å². The van der Waals surface area contributed by atoms with E-state index in [0.717, 1.165) is 17.8 Å². The van der Waals surface area contributed by atoms with Crippen molar-refractivity contribution >= 4 is 15.5 Å². The monoisotopic (exact) mass is 251 g/mol. The Bertz CT molecular complexity index is 559. The first-order valence-corrected chi connectivity index (χ1v) is 7.24. The third kappa shape index (κ3) is 2.22. The Labute approximate surface area is 103 Å². The van der Waals surface area contributed by atoms with Gasteiger partial charge in [0.25, 0.3) is 0 Å². The molecule has 4 heteroatoms. The van der Waals surface area contributed by atoms with E-state index >= 15 is 0 Å². The fourth-order valence-electron chi connectivity index (χ4n) is 2.14. The number of fused-ring (bicyclic) bond motifs is 1. The highest BCUT2D eigenvalue weighted by Crippen LogP contribution is 2.34. The van der Waals surface area contributed by atoms with Gasteiger partial charge in [-0.3, -0.25) is 0 Å². The van der Waals surface area contributed by atoms with E-state index in [1.165, 1.54) is 5.41 Å². The molecule has 0 amide bonds. The van der Waals surface area contributed by atoms with Crippen LogP contribution in [-0.4, -0.2) is 26.9 Å². The van der Waals surface area contributed by atoms with Crippen LogP contribution in [0.25, 0.3) is 5.70 Å². The molecule has 0 saturated heterocycles. The minimum absolute atomic E-state index is 0.422. The summed E-state index contributed by atoms with van der Waals surface area (Å²) in [6.45, 7) is 5.08. The Morgan fingerprint density at radius 2 is 1.88 bits per heavy atom. The molecule has 2 rings (SSSR count). The predicted octanol–water partition coefficient (Wildman–Crippen LogP) is 2.36. The minimum atomic E-state index is -3.24. The number of nitrogens with zero attached hydrogens (tertiary/aromatic N) is 1. The molecule has 17 heavy (non-hydrogen) atoms. The molecule has 0 bridgehead atoms. The fourth-order valence-corrected chi connectivity index (χ4v) is 3.62. The van der Waals surface area contributed by atoms with Crippen LogP contribution in [0.15, 0.2) is 34.6 Å². The summed E-state index contributed by atoms with van der Waals surface area (Å²) < 4.78 is 23.9. The van der Waals surface area contributed by atoms with E-state index in [-0.39, 0.29) is 0 Å². The largest absolute Gasteiger partial charge is 0.373 e. The Morgan fingerprint density at radius 1 is 1.24 bits per heavy atom. The molecule has 0 N–H and O–H groups in total. The van der Waals surface area contributed by atoms with Gasteiger partial charge in [-0.2, -0.15) is 0 Å². The lowest BCUT2D eigenvalue weighted by Crippen LogP contribution is -2.21. The van der Waals surface area contributed by atoms with Crippen molar-refractivity contribution in [2.45, 2.75) is 18.7 Å². The molecule has 3 nitrogen and oxygen atoms in total. The zero-order chi connectivity index (χ0) is 12.6. The van der Waals surface area contributed by atoms with Gasteiger partial charge >= 0.3 is 0 Å². The topological polar surface area (TPSA) is 37.4 Å². The van der Waals surface area contributed by atoms with Gasteiger partial charge in [-0.25, -0.2) is 8.42 Å². The van der Waals surface area contributed by atoms with Crippen molar-refractivity contribution in [1.82, 2.24) is 4.90 Å². The molecule has 1 aromatic rings. The highest BCUT2D eigenvalue weighted by atomic mass is 32.2. The smallest absolute Gasteiger partial charge is 0.202 e. The van der Waals surface area contributed by atoms with Crippen LogP contribution in [0.2, 0.25) is 0 Å². The Kier molecular flexibility index (Phi) is 3.00. The van der Waals surface area contributed by atoms with Crippen LogP contribution in [0.3, 0.4) is 0 Å². The summed E-state index contributed by atoms with van der Waals surface area (Å²) in [4.78, 5) is 2.43. The molecule has 0 atom stereocenters. The molecule has 1 aliphatic rings. The molecular weight excluding hydrogens is 234 g/mol. The molecule has 0 radical (unpaired) electrons. The van der Waals surface area contributed by atoms with E-state index in [2.05, 4.69) is 13.8 Å². The standard InChI is InChI=1S/C13H17NO2S/c1-10(2)8-14(3)12-9-17(15,16)13-7-5-4-6-11(12)13/h4-7,9-10H,8H2,1-3H3. The van der Waals surface area contributed by atoms with Crippen LogP contribution in [0.5, 0.6) is 0 Å². The molecule has 0 spiro atoms. The van der Waals surface area contributed by atoms with Crippen molar-refractivity contribution in [2.24, 2.45) is 5.92 Å². The molecule has 0 aromatic heterocycles. The summed E-state index contributed by atoms with van der Waals surface area (Å²) in [5, 5.41) is 1.38. The molecule has 0 aliphatic carbocycles. The first-order chi connectivity index (χ1) is 7.92. The van der Waals surface area contributed by atoms with Gasteiger partial charge in [0.15, 0.2) is 0 Å². The molecule has 92 valence electrons. The minimum Gasteiger partial charge on any atom is -0.373 e. The van der Waals surface area contributed by atoms with Crippen LogP contribution >= 0.6 is 0 Å². The molecule has 1 heterocycles. The lowest BCUT2D eigenvalue weighted by atomic mass is 10.1. The summed E-state index contributed by atoms with van der Waals surface area (Å²) in [6.07, 6.45) is 0. The average Bonchev–Trinajstić information content (AvgIpc) is 2.51. The van der Waals surface area contributed by atoms with Gasteiger partial charge in [0, 0.05) is 19.2 Å². The predicted molar refractivity (Wildman–Crippen MR) is 69.1 cm³/mol. The average molecular weight is 251 g/mol. The van der Waals surface area contributed by atoms with Crippen LogP contribution in [0, 0.1) is 5.92 Å². The molecule has 0 fully saturated rings. The van der Waals surface area contributed by atoms with Crippen LogP contribution in [0.1, 0.15) is 19.4 Å². The summed E-state index contributed by atoms with van der Waals surface area (Å²) in [6, 6.07) is 7.16. The quantitative estimate of drug-likeness (QED) is 0.827. The number of hydrogen-bond acceptors (Lipinski definition) is 3. The van der Waals surface area contributed by atoms with E-state index < -0.39 is 9.84 Å². The fraction of sp³-hybridized carbons (Fsp3) is 0.385. The van der Waals surface area contributed by atoms with E-state index in [0.29, 0.717) is 10.8 Å². The molecular formula is C13H17NO2S. The van der Waals surface area contributed by atoms with E-state index in [1.807, 2.05) is 24.1 Å². The number of rotatable bonds is 3. The molecule has 1 aromatic carbocycles. The second-order valence-corrected chi connectivity index (χ2v) is 6.58. The molecule has 1 aliphatic heterocycles. The van der Waals surface area contributed by atoms with Crippen molar-refractivity contribution in [1.29, 1.82) is 0 Å². The Morgan fingerprint density at radius 3 is 2.53 bits per heavy atom. The van der Waals surface area contributed by atoms with Gasteiger partial charge in [-0.05, 0) is 12.0 Å². The van der Waals surface area contributed by atoms with Gasteiger partial charge in [-0.15, -0.1) is 0 Å². The van der Waals surface area contributed by atoms with E-state index in [4.69, 9.17) is 0 Å².